The summed E-state index contributed by atoms with van der Waals surface area (Å²) in [4.78, 5) is 26.6. The lowest BCUT2D eigenvalue weighted by Crippen LogP contribution is -2.39. The molecule has 0 unspecified atom stereocenters. The summed E-state index contributed by atoms with van der Waals surface area (Å²) in [7, 11) is 0. The molecule has 1 heterocycles. The highest BCUT2D eigenvalue weighted by atomic mass is 16.5. The van der Waals surface area contributed by atoms with Gasteiger partial charge in [-0.1, -0.05) is 35.4 Å². The number of amides is 1. The van der Waals surface area contributed by atoms with Crippen molar-refractivity contribution in [1.29, 1.82) is 0 Å². The molecule has 1 saturated heterocycles. The van der Waals surface area contributed by atoms with Gasteiger partial charge in [0.1, 0.15) is 0 Å². The lowest BCUT2D eigenvalue weighted by molar-refractivity contribution is 0.0355. The SMILES string of the molecule is Cc1cccc(C(=O)OCC2CCN(C(=O)c3cccc(C)c3)CC2)c1. The number of benzene rings is 2. The number of rotatable bonds is 4. The van der Waals surface area contributed by atoms with Gasteiger partial charge < -0.3 is 9.64 Å². The van der Waals surface area contributed by atoms with Crippen molar-refractivity contribution in [3.63, 3.8) is 0 Å². The van der Waals surface area contributed by atoms with Crippen molar-refractivity contribution in [1.82, 2.24) is 4.90 Å². The molecule has 0 spiro atoms. The van der Waals surface area contributed by atoms with Crippen LogP contribution in [0.4, 0.5) is 0 Å². The van der Waals surface area contributed by atoms with Gasteiger partial charge in [0.05, 0.1) is 12.2 Å². The minimum absolute atomic E-state index is 0.0869. The second-order valence-electron chi connectivity index (χ2n) is 7.07. The van der Waals surface area contributed by atoms with Gasteiger partial charge in [0.25, 0.3) is 5.91 Å². The number of ether oxygens (including phenoxy) is 1. The van der Waals surface area contributed by atoms with Crippen LogP contribution in [0, 0.1) is 19.8 Å². The van der Waals surface area contributed by atoms with Crippen LogP contribution in [0.25, 0.3) is 0 Å². The Morgan fingerprint density at radius 3 is 2.15 bits per heavy atom. The Hall–Kier alpha value is -2.62. The smallest absolute Gasteiger partial charge is 0.338 e. The molecule has 0 bridgehead atoms. The molecular weight excluding hydrogens is 326 g/mol. The maximum atomic E-state index is 12.6. The van der Waals surface area contributed by atoms with Crippen LogP contribution >= 0.6 is 0 Å². The molecule has 0 N–H and O–H groups in total. The molecule has 1 fully saturated rings. The van der Waals surface area contributed by atoms with Crippen LogP contribution in [0.3, 0.4) is 0 Å². The summed E-state index contributed by atoms with van der Waals surface area (Å²) >= 11 is 0. The van der Waals surface area contributed by atoms with Crippen molar-refractivity contribution in [2.24, 2.45) is 5.92 Å². The lowest BCUT2D eigenvalue weighted by atomic mass is 9.97. The summed E-state index contributed by atoms with van der Waals surface area (Å²) < 4.78 is 5.48. The molecule has 0 aliphatic carbocycles. The predicted octanol–water partition coefficient (Wildman–Crippen LogP) is 4.01. The zero-order valence-electron chi connectivity index (χ0n) is 15.4. The van der Waals surface area contributed by atoms with Crippen LogP contribution < -0.4 is 0 Å². The lowest BCUT2D eigenvalue weighted by Gasteiger charge is -2.31. The van der Waals surface area contributed by atoms with E-state index >= 15 is 0 Å². The van der Waals surface area contributed by atoms with E-state index in [1.165, 1.54) is 0 Å². The first-order chi connectivity index (χ1) is 12.5. The van der Waals surface area contributed by atoms with Crippen molar-refractivity contribution in [2.45, 2.75) is 26.7 Å². The Labute approximate surface area is 154 Å². The maximum absolute atomic E-state index is 12.6. The average Bonchev–Trinajstić information content (AvgIpc) is 2.66. The van der Waals surface area contributed by atoms with Crippen LogP contribution in [-0.2, 0) is 4.74 Å². The molecule has 4 heteroatoms. The number of hydrogen-bond acceptors (Lipinski definition) is 3. The maximum Gasteiger partial charge on any atom is 0.338 e. The number of esters is 1. The highest BCUT2D eigenvalue weighted by molar-refractivity contribution is 5.94. The first-order valence-corrected chi connectivity index (χ1v) is 9.12. The highest BCUT2D eigenvalue weighted by Gasteiger charge is 2.24. The normalized spacial score (nSPS) is 14.9. The van der Waals surface area contributed by atoms with E-state index < -0.39 is 0 Å². The van der Waals surface area contributed by atoms with E-state index in [1.807, 2.05) is 61.2 Å². The van der Waals surface area contributed by atoms with Crippen molar-refractivity contribution in [3.8, 4) is 0 Å². The number of likely N-dealkylation sites (tertiary alicyclic amines) is 1. The van der Waals surface area contributed by atoms with Gasteiger partial charge in [-0.25, -0.2) is 4.79 Å². The Morgan fingerprint density at radius 1 is 0.962 bits per heavy atom. The van der Waals surface area contributed by atoms with E-state index in [9.17, 15) is 9.59 Å². The molecule has 136 valence electrons. The molecule has 0 saturated carbocycles. The molecule has 0 aromatic heterocycles. The van der Waals surface area contributed by atoms with E-state index in [0.717, 1.165) is 29.5 Å². The Balaban J connectivity index is 1.48. The molecule has 0 radical (unpaired) electrons. The molecule has 2 aromatic rings. The fourth-order valence-electron chi connectivity index (χ4n) is 3.31. The summed E-state index contributed by atoms with van der Waals surface area (Å²) in [6.45, 7) is 5.78. The van der Waals surface area contributed by atoms with Gasteiger partial charge in [0.15, 0.2) is 0 Å². The van der Waals surface area contributed by atoms with Crippen LogP contribution in [0.5, 0.6) is 0 Å². The minimum atomic E-state index is -0.271. The summed E-state index contributed by atoms with van der Waals surface area (Å²) in [6, 6.07) is 15.1. The van der Waals surface area contributed by atoms with E-state index in [1.54, 1.807) is 6.07 Å². The van der Waals surface area contributed by atoms with Crippen LogP contribution in [-0.4, -0.2) is 36.5 Å². The zero-order chi connectivity index (χ0) is 18.5. The molecule has 1 aliphatic rings. The fraction of sp³-hybridized carbons (Fsp3) is 0.364. The molecule has 3 rings (SSSR count). The van der Waals surface area contributed by atoms with Gasteiger partial charge in [-0.05, 0) is 56.9 Å². The average molecular weight is 351 g/mol. The molecule has 1 aliphatic heterocycles. The van der Waals surface area contributed by atoms with Gasteiger partial charge in [-0.2, -0.15) is 0 Å². The van der Waals surface area contributed by atoms with Gasteiger partial charge >= 0.3 is 5.97 Å². The predicted molar refractivity (Wildman–Crippen MR) is 101 cm³/mol. The van der Waals surface area contributed by atoms with E-state index in [0.29, 0.717) is 31.2 Å². The van der Waals surface area contributed by atoms with Gasteiger partial charge in [0, 0.05) is 18.7 Å². The number of aryl methyl sites for hydroxylation is 2. The third kappa shape index (κ3) is 4.51. The molecule has 1 amide bonds. The summed E-state index contributed by atoms with van der Waals surface area (Å²) in [6.07, 6.45) is 1.72. The summed E-state index contributed by atoms with van der Waals surface area (Å²) in [5, 5.41) is 0. The summed E-state index contributed by atoms with van der Waals surface area (Å²) in [5.41, 5.74) is 3.47. The molecule has 0 atom stereocenters. The van der Waals surface area contributed by atoms with Crippen molar-refractivity contribution in [3.05, 3.63) is 70.8 Å². The largest absolute Gasteiger partial charge is 0.462 e. The number of nitrogens with zero attached hydrogens (tertiary/aromatic N) is 1. The second-order valence-corrected chi connectivity index (χ2v) is 7.07. The third-order valence-electron chi connectivity index (χ3n) is 4.87. The van der Waals surface area contributed by atoms with E-state index in [-0.39, 0.29) is 11.9 Å². The minimum Gasteiger partial charge on any atom is -0.462 e. The Morgan fingerprint density at radius 2 is 1.54 bits per heavy atom. The standard InChI is InChI=1S/C22H25NO3/c1-16-5-3-7-19(13-16)21(24)23-11-9-18(10-12-23)15-26-22(25)20-8-4-6-17(2)14-20/h3-8,13-14,18H,9-12,15H2,1-2H3. The number of piperidine rings is 1. The van der Waals surface area contributed by atoms with Gasteiger partial charge in [0.2, 0.25) is 0 Å². The first-order valence-electron chi connectivity index (χ1n) is 9.12. The second kappa shape index (κ2) is 8.17. The van der Waals surface area contributed by atoms with E-state index in [2.05, 4.69) is 0 Å². The fourth-order valence-corrected chi connectivity index (χ4v) is 3.31. The molecule has 4 nitrogen and oxygen atoms in total. The quantitative estimate of drug-likeness (QED) is 0.782. The molecule has 26 heavy (non-hydrogen) atoms. The summed E-state index contributed by atoms with van der Waals surface area (Å²) in [5.74, 6) is 0.126. The zero-order valence-corrected chi connectivity index (χ0v) is 15.4. The number of carbonyl (C=O) groups excluding carboxylic acids is 2. The number of hydrogen-bond donors (Lipinski definition) is 0. The van der Waals surface area contributed by atoms with Crippen LogP contribution in [0.2, 0.25) is 0 Å². The highest BCUT2D eigenvalue weighted by Crippen LogP contribution is 2.20. The Bertz CT molecular complexity index is 791. The Kier molecular flexibility index (Phi) is 5.71. The third-order valence-corrected chi connectivity index (χ3v) is 4.87. The van der Waals surface area contributed by atoms with Gasteiger partial charge in [-0.3, -0.25) is 4.79 Å². The van der Waals surface area contributed by atoms with Gasteiger partial charge in [-0.15, -0.1) is 0 Å². The van der Waals surface area contributed by atoms with Crippen LogP contribution in [0.1, 0.15) is 44.7 Å². The first kappa shape index (κ1) is 18.2. The molecular formula is C22H25NO3. The number of carbonyl (C=O) groups is 2. The monoisotopic (exact) mass is 351 g/mol. The van der Waals surface area contributed by atoms with Crippen LogP contribution in [0.15, 0.2) is 48.5 Å². The van der Waals surface area contributed by atoms with Crippen molar-refractivity contribution in [2.75, 3.05) is 19.7 Å². The molecule has 2 aromatic carbocycles. The van der Waals surface area contributed by atoms with E-state index in [4.69, 9.17) is 4.74 Å². The van der Waals surface area contributed by atoms with Crippen molar-refractivity contribution < 1.29 is 14.3 Å². The topological polar surface area (TPSA) is 46.6 Å². The van der Waals surface area contributed by atoms with Crippen molar-refractivity contribution >= 4 is 11.9 Å².